The molecule has 19 atom stereocenters. The number of allylic oxidation sites excluding steroid dienone is 6. The number of piperidine rings is 1. The Bertz CT molecular complexity index is 2280. The van der Waals surface area contributed by atoms with Gasteiger partial charge < -0.3 is 68.0 Å². The van der Waals surface area contributed by atoms with Gasteiger partial charge >= 0.3 is 5.97 Å². The molecule has 5 fully saturated rings. The van der Waals surface area contributed by atoms with E-state index in [9.17, 15) is 44.4 Å². The van der Waals surface area contributed by atoms with Gasteiger partial charge in [-0.05, 0) is 135 Å². The van der Waals surface area contributed by atoms with Crippen molar-refractivity contribution in [2.24, 2.45) is 35.5 Å². The van der Waals surface area contributed by atoms with E-state index < -0.39 is 120 Å². The first-order valence-electron chi connectivity index (χ1n) is 29.7. The minimum Gasteiger partial charge on any atom is -0.460 e. The maximum atomic E-state index is 14.7. The van der Waals surface area contributed by atoms with E-state index in [4.69, 9.17) is 42.6 Å². The number of hydrogen-bond donors (Lipinski definition) is 4. The number of aliphatic hydroxyl groups is 4. The van der Waals surface area contributed by atoms with Crippen LogP contribution in [0.15, 0.2) is 47.6 Å². The third kappa shape index (κ3) is 17.1. The molecule has 0 aromatic heterocycles. The van der Waals surface area contributed by atoms with E-state index in [1.807, 2.05) is 51.2 Å². The Morgan fingerprint density at radius 3 is 2.12 bits per heavy atom. The highest BCUT2D eigenvalue weighted by Crippen LogP contribution is 2.41. The van der Waals surface area contributed by atoms with Gasteiger partial charge in [0, 0.05) is 51.4 Å². The standard InChI is InChI=1S/C62H97NO18/c1-35-19-15-14-16-20-36(2)47(75-34-51-55(81-61(10,11)79-51)54-50(33-64)78-60(8,9)80-54)31-43-24-22-41(7)62(72,77-43)57(69)58(70)63-26-18-17-21-44(63)59(71)76-48(38(4)29-42-23-25-45(65)49(30-42)73-12)32-46(66)37(3)28-40(6)53(68)56(74-13)52(67)39(5)27-35/h14-16,19-20,28,35,37-39,41-45,47-51,53-56,64-65,68,72H,17-18,21-27,29-34H2,1-13H3/b16-14+,19-15+,36-20+,40-28+/t35-,37-,38-,39-,41-,42+,43+,44+,45-,47+,48+,49-,50-,51-,53-,54-,55-,56+,62-/m1/s1. The van der Waals surface area contributed by atoms with Crippen LogP contribution in [0.25, 0.3) is 0 Å². The summed E-state index contributed by atoms with van der Waals surface area (Å²) in [7, 11) is 2.93. The number of nitrogens with zero attached hydrogens (tertiary/aromatic N) is 1. The van der Waals surface area contributed by atoms with Crippen LogP contribution in [0, 0.1) is 35.5 Å². The number of ketones is 3. The van der Waals surface area contributed by atoms with E-state index in [1.54, 1.807) is 68.6 Å². The summed E-state index contributed by atoms with van der Waals surface area (Å²) in [5.74, 6) is -10.7. The molecule has 6 rings (SSSR count). The zero-order chi connectivity index (χ0) is 59.7. The van der Waals surface area contributed by atoms with Gasteiger partial charge in [-0.1, -0.05) is 71.1 Å². The van der Waals surface area contributed by atoms with Crippen LogP contribution in [0.2, 0.25) is 0 Å². The number of hydrogen-bond acceptors (Lipinski definition) is 18. The van der Waals surface area contributed by atoms with E-state index in [1.165, 1.54) is 12.0 Å². The second-order valence-electron chi connectivity index (χ2n) is 25.1. The summed E-state index contributed by atoms with van der Waals surface area (Å²) in [5, 5.41) is 44.8. The van der Waals surface area contributed by atoms with Crippen molar-refractivity contribution in [3.63, 3.8) is 0 Å². The Labute approximate surface area is 480 Å². The van der Waals surface area contributed by atoms with Crippen molar-refractivity contribution >= 4 is 29.2 Å². The highest BCUT2D eigenvalue weighted by atomic mass is 16.8. The molecule has 6 aliphatic rings. The fourth-order valence-corrected chi connectivity index (χ4v) is 12.8. The van der Waals surface area contributed by atoms with Gasteiger partial charge in [0.2, 0.25) is 5.79 Å². The summed E-state index contributed by atoms with van der Waals surface area (Å²) in [6, 6.07) is -1.20. The summed E-state index contributed by atoms with van der Waals surface area (Å²) < 4.78 is 55.7. The van der Waals surface area contributed by atoms with E-state index in [0.29, 0.717) is 63.4 Å². The van der Waals surface area contributed by atoms with Gasteiger partial charge in [0.15, 0.2) is 17.4 Å². The van der Waals surface area contributed by atoms with Gasteiger partial charge in [-0.25, -0.2) is 4.79 Å². The smallest absolute Gasteiger partial charge is 0.329 e. The van der Waals surface area contributed by atoms with Gasteiger partial charge in [0.1, 0.15) is 54.6 Å². The van der Waals surface area contributed by atoms with Crippen molar-refractivity contribution < 1.29 is 87.0 Å². The lowest BCUT2D eigenvalue weighted by molar-refractivity contribution is -0.266. The Kier molecular flexibility index (Phi) is 23.8. The monoisotopic (exact) mass is 1140 g/mol. The van der Waals surface area contributed by atoms with Gasteiger partial charge in [0.25, 0.3) is 11.7 Å². The lowest BCUT2D eigenvalue weighted by atomic mass is 9.78. The van der Waals surface area contributed by atoms with E-state index in [-0.39, 0.29) is 74.4 Å². The van der Waals surface area contributed by atoms with Crippen molar-refractivity contribution in [2.75, 3.05) is 34.0 Å². The maximum Gasteiger partial charge on any atom is 0.329 e. The molecule has 1 saturated carbocycles. The molecule has 2 bridgehead atoms. The normalized spacial score (nSPS) is 41.8. The average Bonchev–Trinajstić information content (AvgIpc) is 3.92. The minimum absolute atomic E-state index is 0.000301. The molecule has 0 aromatic carbocycles. The number of cyclic esters (lactones) is 1. The number of aliphatic hydroxyl groups excluding tert-OH is 3. The predicted octanol–water partition coefficient (Wildman–Crippen LogP) is 6.58. The number of Topliss-reactive ketones (excluding diaryl/α,β-unsaturated/α-hetero) is 3. The van der Waals surface area contributed by atoms with Gasteiger partial charge in [-0.3, -0.25) is 19.2 Å². The number of ether oxygens (including phenoxy) is 9. The van der Waals surface area contributed by atoms with E-state index in [2.05, 4.69) is 0 Å². The molecule has 19 nitrogen and oxygen atoms in total. The third-order valence-electron chi connectivity index (χ3n) is 17.6. The van der Waals surface area contributed by atoms with E-state index in [0.717, 1.165) is 5.57 Å². The second kappa shape index (κ2) is 29.0. The number of esters is 1. The molecule has 1 amide bonds. The fraction of sp³-hybridized carbons (Fsp3) is 0.790. The second-order valence-corrected chi connectivity index (χ2v) is 25.1. The van der Waals surface area contributed by atoms with Gasteiger partial charge in [-0.15, -0.1) is 0 Å². The van der Waals surface area contributed by atoms with E-state index >= 15 is 0 Å². The molecule has 0 radical (unpaired) electrons. The number of amides is 1. The summed E-state index contributed by atoms with van der Waals surface area (Å²) in [5.41, 5.74) is 1.12. The lowest BCUT2D eigenvalue weighted by Gasteiger charge is -2.43. The Morgan fingerprint density at radius 1 is 0.778 bits per heavy atom. The van der Waals surface area contributed by atoms with Crippen LogP contribution < -0.4 is 0 Å². The summed E-state index contributed by atoms with van der Waals surface area (Å²) in [4.78, 5) is 73.3. The lowest BCUT2D eigenvalue weighted by Crippen LogP contribution is -2.61. The van der Waals surface area contributed by atoms with Crippen molar-refractivity contribution in [3.05, 3.63) is 47.6 Å². The quantitative estimate of drug-likeness (QED) is 0.102. The molecular weight excluding hydrogens is 1050 g/mol. The minimum atomic E-state index is -2.56. The summed E-state index contributed by atoms with van der Waals surface area (Å²) in [6.45, 7) is 19.4. The molecule has 0 unspecified atom stereocenters. The molecular formula is C62H97NO18. The predicted molar refractivity (Wildman–Crippen MR) is 299 cm³/mol. The van der Waals surface area contributed by atoms with Crippen LogP contribution in [0.3, 0.4) is 0 Å². The van der Waals surface area contributed by atoms with Crippen LogP contribution in [-0.4, -0.2) is 179 Å². The molecule has 1 aliphatic carbocycles. The Hall–Kier alpha value is -3.57. The largest absolute Gasteiger partial charge is 0.460 e. The molecule has 5 heterocycles. The van der Waals surface area contributed by atoms with Crippen LogP contribution in [-0.2, 0) is 66.6 Å². The molecule has 458 valence electrons. The number of rotatable bonds is 10. The molecule has 0 spiro atoms. The average molecular weight is 1140 g/mol. The first kappa shape index (κ1) is 66.6. The Balaban J connectivity index is 1.32. The highest BCUT2D eigenvalue weighted by molar-refractivity contribution is 6.39. The first-order valence-corrected chi connectivity index (χ1v) is 29.7. The summed E-state index contributed by atoms with van der Waals surface area (Å²) >= 11 is 0. The number of carbonyl (C=O) groups is 5. The van der Waals surface area contributed by atoms with Crippen molar-refractivity contribution in [1.82, 2.24) is 4.90 Å². The number of fused-ring (bicyclic) bond motifs is 3. The SMILES string of the molecule is CO[C@@H]1C[C@H](C[C@@H](C)[C@@H]2CC(=O)[C@H](C)/C=C(\C)[C@@H](O)[C@@H](OC)C(=O)[C@H](C)C[C@H](C)/C=C/C=C/C=C(\C)[C@@H](OC[C@H]3OC(C)(C)O[C@H]3[C@@H]3OC(C)(C)O[C@@H]3CO)C[C@@H]3CC[C@@H](C)[C@@](O)(O3)C(=O)C(=O)N3CCCC[C@H]3C(=O)O2)CC[C@H]1O. The topological polar surface area (TPSA) is 253 Å². The van der Waals surface area contributed by atoms with Crippen LogP contribution >= 0.6 is 0 Å². The zero-order valence-corrected chi connectivity index (χ0v) is 50.4. The molecule has 19 heteroatoms. The fourth-order valence-electron chi connectivity index (χ4n) is 12.8. The van der Waals surface area contributed by atoms with Crippen molar-refractivity contribution in [2.45, 2.75) is 244 Å². The summed E-state index contributed by atoms with van der Waals surface area (Å²) in [6.07, 6.45) is 6.99. The van der Waals surface area contributed by atoms with Crippen LogP contribution in [0.4, 0.5) is 0 Å². The Morgan fingerprint density at radius 2 is 1.46 bits per heavy atom. The molecule has 5 aliphatic heterocycles. The molecule has 81 heavy (non-hydrogen) atoms. The molecule has 4 saturated heterocycles. The van der Waals surface area contributed by atoms with Crippen molar-refractivity contribution in [3.8, 4) is 0 Å². The third-order valence-corrected chi connectivity index (χ3v) is 17.6. The zero-order valence-electron chi connectivity index (χ0n) is 50.4. The van der Waals surface area contributed by atoms with Crippen LogP contribution in [0.1, 0.15) is 153 Å². The van der Waals surface area contributed by atoms with Crippen molar-refractivity contribution in [1.29, 1.82) is 0 Å². The molecule has 4 N–H and O–H groups in total. The number of carbonyl (C=O) groups excluding carboxylic acids is 5. The number of methoxy groups -OCH3 is 2. The highest BCUT2D eigenvalue weighted by Gasteiger charge is 2.55. The van der Waals surface area contributed by atoms with Gasteiger partial charge in [-0.2, -0.15) is 0 Å². The maximum absolute atomic E-state index is 14.7. The van der Waals surface area contributed by atoms with Crippen LogP contribution in [0.5, 0.6) is 0 Å². The van der Waals surface area contributed by atoms with Gasteiger partial charge in [0.05, 0.1) is 37.6 Å². The molecule has 0 aromatic rings. The first-order chi connectivity index (χ1) is 38.1.